The fourth-order valence-electron chi connectivity index (χ4n) is 1.47. The van der Waals surface area contributed by atoms with Crippen molar-refractivity contribution in [2.75, 3.05) is 7.11 Å². The molecule has 0 aliphatic heterocycles. The standard InChI is InChI=1S/C14H10ClFO3/c1-18-14(17)12-7-6-11(8-13(12)15)19-10-4-2-9(16)3-5-10/h2-8H,1H3. The van der Waals surface area contributed by atoms with E-state index in [2.05, 4.69) is 4.74 Å². The van der Waals surface area contributed by atoms with Crippen molar-refractivity contribution in [3.8, 4) is 11.5 Å². The maximum Gasteiger partial charge on any atom is 0.339 e. The normalized spacial score (nSPS) is 10.1. The van der Waals surface area contributed by atoms with Gasteiger partial charge in [-0.3, -0.25) is 0 Å². The van der Waals surface area contributed by atoms with Crippen LogP contribution in [0.3, 0.4) is 0 Å². The number of hydrogen-bond acceptors (Lipinski definition) is 3. The minimum atomic E-state index is -0.515. The van der Waals surface area contributed by atoms with E-state index in [-0.39, 0.29) is 16.4 Å². The number of esters is 1. The second kappa shape index (κ2) is 5.71. The van der Waals surface area contributed by atoms with Crippen molar-refractivity contribution in [1.82, 2.24) is 0 Å². The zero-order valence-corrected chi connectivity index (χ0v) is 10.8. The van der Waals surface area contributed by atoms with Crippen molar-refractivity contribution < 1.29 is 18.7 Å². The first-order valence-corrected chi connectivity index (χ1v) is 5.79. The molecule has 0 aromatic heterocycles. The summed E-state index contributed by atoms with van der Waals surface area (Å²) in [6.07, 6.45) is 0. The molecule has 0 aliphatic carbocycles. The van der Waals surface area contributed by atoms with Gasteiger partial charge in [0, 0.05) is 6.07 Å². The summed E-state index contributed by atoms with van der Waals surface area (Å²) < 4.78 is 22.8. The fraction of sp³-hybridized carbons (Fsp3) is 0.0714. The highest BCUT2D eigenvalue weighted by Gasteiger charge is 2.11. The van der Waals surface area contributed by atoms with Gasteiger partial charge in [-0.25, -0.2) is 9.18 Å². The summed E-state index contributed by atoms with van der Waals surface area (Å²) in [4.78, 5) is 11.4. The van der Waals surface area contributed by atoms with Crippen molar-refractivity contribution in [2.45, 2.75) is 0 Å². The van der Waals surface area contributed by atoms with Gasteiger partial charge in [-0.05, 0) is 36.4 Å². The van der Waals surface area contributed by atoms with E-state index in [9.17, 15) is 9.18 Å². The Balaban J connectivity index is 2.20. The lowest BCUT2D eigenvalue weighted by Crippen LogP contribution is -2.01. The Labute approximate surface area is 114 Å². The number of carbonyl (C=O) groups excluding carboxylic acids is 1. The lowest BCUT2D eigenvalue weighted by atomic mass is 10.2. The molecule has 3 nitrogen and oxygen atoms in total. The molecule has 0 N–H and O–H groups in total. The van der Waals surface area contributed by atoms with Gasteiger partial charge in [0.05, 0.1) is 17.7 Å². The maximum atomic E-state index is 12.7. The number of ether oxygens (including phenoxy) is 2. The first-order valence-electron chi connectivity index (χ1n) is 5.41. The summed E-state index contributed by atoms with van der Waals surface area (Å²) in [6.45, 7) is 0. The molecule has 0 spiro atoms. The predicted octanol–water partition coefficient (Wildman–Crippen LogP) is 4.06. The van der Waals surface area contributed by atoms with Crippen LogP contribution in [0.15, 0.2) is 42.5 Å². The number of hydrogen-bond donors (Lipinski definition) is 0. The van der Waals surface area contributed by atoms with Gasteiger partial charge in [0.1, 0.15) is 17.3 Å². The molecule has 19 heavy (non-hydrogen) atoms. The van der Waals surface area contributed by atoms with Crippen LogP contribution in [0.5, 0.6) is 11.5 Å². The average Bonchev–Trinajstić information content (AvgIpc) is 2.41. The Kier molecular flexibility index (Phi) is 4.02. The highest BCUT2D eigenvalue weighted by Crippen LogP contribution is 2.27. The monoisotopic (exact) mass is 280 g/mol. The lowest BCUT2D eigenvalue weighted by Gasteiger charge is -2.07. The molecule has 0 unspecified atom stereocenters. The maximum absolute atomic E-state index is 12.7. The van der Waals surface area contributed by atoms with E-state index in [0.29, 0.717) is 11.5 Å². The Morgan fingerprint density at radius 2 is 1.74 bits per heavy atom. The molecule has 0 heterocycles. The molecule has 0 atom stereocenters. The first kappa shape index (κ1) is 13.4. The van der Waals surface area contributed by atoms with E-state index in [1.165, 1.54) is 43.5 Å². The van der Waals surface area contributed by atoms with Crippen molar-refractivity contribution >= 4 is 17.6 Å². The number of methoxy groups -OCH3 is 1. The lowest BCUT2D eigenvalue weighted by molar-refractivity contribution is 0.0601. The molecule has 0 aliphatic rings. The first-order chi connectivity index (χ1) is 9.10. The second-order valence-electron chi connectivity index (χ2n) is 3.69. The van der Waals surface area contributed by atoms with Crippen LogP contribution in [0, 0.1) is 5.82 Å². The van der Waals surface area contributed by atoms with E-state index >= 15 is 0 Å². The van der Waals surface area contributed by atoms with E-state index in [1.54, 1.807) is 6.07 Å². The molecule has 5 heteroatoms. The molecule has 0 radical (unpaired) electrons. The minimum Gasteiger partial charge on any atom is -0.465 e. The molecule has 0 saturated carbocycles. The van der Waals surface area contributed by atoms with E-state index < -0.39 is 5.97 Å². The highest BCUT2D eigenvalue weighted by atomic mass is 35.5. The van der Waals surface area contributed by atoms with Crippen LogP contribution in [0.1, 0.15) is 10.4 Å². The van der Waals surface area contributed by atoms with Crippen LogP contribution >= 0.6 is 11.6 Å². The van der Waals surface area contributed by atoms with Crippen LogP contribution in [0.4, 0.5) is 4.39 Å². The van der Waals surface area contributed by atoms with Crippen molar-refractivity contribution in [2.24, 2.45) is 0 Å². The smallest absolute Gasteiger partial charge is 0.339 e. The SMILES string of the molecule is COC(=O)c1ccc(Oc2ccc(F)cc2)cc1Cl. The molecular formula is C14H10ClFO3. The van der Waals surface area contributed by atoms with Gasteiger partial charge in [-0.15, -0.1) is 0 Å². The number of halogens is 2. The van der Waals surface area contributed by atoms with Crippen LogP contribution < -0.4 is 4.74 Å². The molecule has 2 aromatic carbocycles. The highest BCUT2D eigenvalue weighted by molar-refractivity contribution is 6.33. The summed E-state index contributed by atoms with van der Waals surface area (Å²) in [5, 5.41) is 0.228. The zero-order chi connectivity index (χ0) is 13.8. The third-order valence-electron chi connectivity index (χ3n) is 2.40. The quantitative estimate of drug-likeness (QED) is 0.796. The molecule has 2 aromatic rings. The van der Waals surface area contributed by atoms with Gasteiger partial charge in [-0.2, -0.15) is 0 Å². The van der Waals surface area contributed by atoms with Gasteiger partial charge < -0.3 is 9.47 Å². The average molecular weight is 281 g/mol. The Morgan fingerprint density at radius 3 is 2.32 bits per heavy atom. The summed E-state index contributed by atoms with van der Waals surface area (Å²) in [5.41, 5.74) is 0.260. The molecule has 0 bridgehead atoms. The van der Waals surface area contributed by atoms with E-state index in [0.717, 1.165) is 0 Å². The summed E-state index contributed by atoms with van der Waals surface area (Å²) in [5.74, 6) is 0.0669. The van der Waals surface area contributed by atoms with Crippen LogP contribution in [-0.4, -0.2) is 13.1 Å². The van der Waals surface area contributed by atoms with Crippen molar-refractivity contribution in [1.29, 1.82) is 0 Å². The zero-order valence-electron chi connectivity index (χ0n) is 10.0. The topological polar surface area (TPSA) is 35.5 Å². The fourth-order valence-corrected chi connectivity index (χ4v) is 1.72. The Bertz CT molecular complexity index is 596. The van der Waals surface area contributed by atoms with Gasteiger partial charge in [0.15, 0.2) is 0 Å². The third-order valence-corrected chi connectivity index (χ3v) is 2.71. The van der Waals surface area contributed by atoms with Crippen molar-refractivity contribution in [3.05, 3.63) is 58.9 Å². The van der Waals surface area contributed by atoms with Gasteiger partial charge >= 0.3 is 5.97 Å². The Hall–Kier alpha value is -2.07. The minimum absolute atomic E-state index is 0.228. The largest absolute Gasteiger partial charge is 0.465 e. The van der Waals surface area contributed by atoms with Gasteiger partial charge in [0.2, 0.25) is 0 Å². The predicted molar refractivity (Wildman–Crippen MR) is 69.3 cm³/mol. The Morgan fingerprint density at radius 1 is 1.11 bits per heavy atom. The molecular weight excluding hydrogens is 271 g/mol. The molecule has 98 valence electrons. The number of carbonyl (C=O) groups is 1. The van der Waals surface area contributed by atoms with Crippen LogP contribution in [-0.2, 0) is 4.74 Å². The van der Waals surface area contributed by atoms with Crippen molar-refractivity contribution in [3.63, 3.8) is 0 Å². The molecule has 2 rings (SSSR count). The number of benzene rings is 2. The summed E-state index contributed by atoms with van der Waals surface area (Å²) in [7, 11) is 1.28. The van der Waals surface area contributed by atoms with Crippen LogP contribution in [0.2, 0.25) is 5.02 Å². The third kappa shape index (κ3) is 3.23. The molecule has 0 amide bonds. The molecule has 0 fully saturated rings. The van der Waals surface area contributed by atoms with E-state index in [4.69, 9.17) is 16.3 Å². The summed E-state index contributed by atoms with van der Waals surface area (Å²) >= 11 is 5.95. The van der Waals surface area contributed by atoms with Crippen LogP contribution in [0.25, 0.3) is 0 Å². The number of rotatable bonds is 3. The van der Waals surface area contributed by atoms with Gasteiger partial charge in [0.25, 0.3) is 0 Å². The van der Waals surface area contributed by atoms with Gasteiger partial charge in [-0.1, -0.05) is 11.6 Å². The second-order valence-corrected chi connectivity index (χ2v) is 4.10. The summed E-state index contributed by atoms with van der Waals surface area (Å²) in [6, 6.07) is 10.2. The van der Waals surface area contributed by atoms with E-state index in [1.807, 2.05) is 0 Å². The molecule has 0 saturated heterocycles.